The molecule has 0 unspecified atom stereocenters. The zero-order valence-electron chi connectivity index (χ0n) is 17.5. The molecule has 1 fully saturated rings. The summed E-state index contributed by atoms with van der Waals surface area (Å²) < 4.78 is 21.7. The van der Waals surface area contributed by atoms with Gasteiger partial charge in [-0.15, -0.1) is 10.2 Å². The maximum atomic E-state index is 14.3. The Hall–Kier alpha value is -3.40. The third kappa shape index (κ3) is 3.32. The van der Waals surface area contributed by atoms with E-state index in [4.69, 9.17) is 9.72 Å². The Morgan fingerprint density at radius 1 is 1.19 bits per heavy atom. The highest BCUT2D eigenvalue weighted by molar-refractivity contribution is 5.96. The number of hydrogen-bond acceptors (Lipinski definition) is 7. The predicted octanol–water partition coefficient (Wildman–Crippen LogP) is 1.88. The van der Waals surface area contributed by atoms with Gasteiger partial charge in [-0.05, 0) is 30.7 Å². The highest BCUT2D eigenvalue weighted by Crippen LogP contribution is 2.34. The van der Waals surface area contributed by atoms with Crippen LogP contribution in [0.25, 0.3) is 11.4 Å². The molecule has 1 amide bonds. The lowest BCUT2D eigenvalue weighted by Gasteiger charge is -2.38. The second kappa shape index (κ2) is 7.38. The van der Waals surface area contributed by atoms with E-state index in [1.807, 2.05) is 25.1 Å². The van der Waals surface area contributed by atoms with Gasteiger partial charge < -0.3 is 14.5 Å². The van der Waals surface area contributed by atoms with Crippen molar-refractivity contribution >= 4 is 11.7 Å². The molecule has 0 saturated carbocycles. The molecule has 0 spiro atoms. The molecule has 4 heterocycles. The van der Waals surface area contributed by atoms with E-state index in [0.29, 0.717) is 53.9 Å². The minimum absolute atomic E-state index is 0.211. The van der Waals surface area contributed by atoms with Gasteiger partial charge in [-0.3, -0.25) is 9.48 Å². The average molecular weight is 423 g/mol. The Labute approximate surface area is 178 Å². The van der Waals surface area contributed by atoms with Crippen LogP contribution < -0.4 is 4.90 Å². The number of aromatic nitrogens is 5. The van der Waals surface area contributed by atoms with Crippen LogP contribution in [0.4, 0.5) is 10.2 Å². The lowest BCUT2D eigenvalue weighted by atomic mass is 9.97. The number of benzene rings is 1. The van der Waals surface area contributed by atoms with E-state index in [-0.39, 0.29) is 18.5 Å². The van der Waals surface area contributed by atoms with Crippen LogP contribution in [0, 0.1) is 12.7 Å². The predicted molar refractivity (Wildman–Crippen MR) is 110 cm³/mol. The number of aryl methyl sites for hydroxylation is 2. The molecule has 2 aromatic heterocycles. The van der Waals surface area contributed by atoms with Gasteiger partial charge in [0.1, 0.15) is 11.5 Å². The van der Waals surface area contributed by atoms with Crippen molar-refractivity contribution in [3.8, 4) is 11.4 Å². The van der Waals surface area contributed by atoms with Crippen molar-refractivity contribution < 1.29 is 13.9 Å². The van der Waals surface area contributed by atoms with Gasteiger partial charge in [0.25, 0.3) is 5.91 Å². The highest BCUT2D eigenvalue weighted by Gasteiger charge is 2.33. The Balaban J connectivity index is 1.78. The summed E-state index contributed by atoms with van der Waals surface area (Å²) in [5, 5.41) is 13.2. The summed E-state index contributed by atoms with van der Waals surface area (Å²) in [5.74, 6) is 0.466. The van der Waals surface area contributed by atoms with E-state index in [2.05, 4.69) is 15.3 Å². The van der Waals surface area contributed by atoms with Crippen LogP contribution in [0.5, 0.6) is 0 Å². The number of carbonyl (C=O) groups excluding carboxylic acids is 1. The number of rotatable bonds is 0. The molecule has 2 aliphatic rings. The van der Waals surface area contributed by atoms with Crippen molar-refractivity contribution in [3.63, 3.8) is 0 Å². The van der Waals surface area contributed by atoms with E-state index in [1.54, 1.807) is 16.6 Å². The number of nitrogens with zero attached hydrogens (tertiary/aromatic N) is 7. The lowest BCUT2D eigenvalue weighted by Crippen LogP contribution is -2.42. The van der Waals surface area contributed by atoms with Crippen LogP contribution >= 0.6 is 0 Å². The van der Waals surface area contributed by atoms with Crippen molar-refractivity contribution in [2.45, 2.75) is 19.5 Å². The Kier molecular flexibility index (Phi) is 4.66. The number of hydrogen-bond donors (Lipinski definition) is 0. The summed E-state index contributed by atoms with van der Waals surface area (Å²) in [6.07, 6.45) is 1.83. The van der Waals surface area contributed by atoms with Crippen molar-refractivity contribution in [2.24, 2.45) is 7.05 Å². The van der Waals surface area contributed by atoms with E-state index >= 15 is 0 Å². The quantitative estimate of drug-likeness (QED) is 0.545. The van der Waals surface area contributed by atoms with Crippen molar-refractivity contribution in [1.82, 2.24) is 29.9 Å². The number of anilines is 1. The standard InChI is InChI=1S/C21H22FN7O2/c1-12-20-23-19(25-24-12)16-9-28(3)26-17(16)10-27(2)21(30)14-5-4-13(22)8-15(14)18-11-31-7-6-29(18)20/h4-5,8-9,18H,6-7,10-11H2,1-3H3/t18-/m1/s1. The second-order valence-electron chi connectivity index (χ2n) is 7.88. The zero-order chi connectivity index (χ0) is 21.7. The van der Waals surface area contributed by atoms with Gasteiger partial charge in [-0.25, -0.2) is 9.37 Å². The number of morpholine rings is 1. The molecule has 1 atom stereocenters. The van der Waals surface area contributed by atoms with Crippen molar-refractivity contribution in [1.29, 1.82) is 0 Å². The molecule has 2 bridgehead atoms. The number of halogens is 1. The van der Waals surface area contributed by atoms with Gasteiger partial charge in [0.2, 0.25) is 0 Å². The summed E-state index contributed by atoms with van der Waals surface area (Å²) >= 11 is 0. The zero-order valence-corrected chi connectivity index (χ0v) is 17.5. The van der Waals surface area contributed by atoms with Gasteiger partial charge in [0, 0.05) is 32.4 Å². The first-order chi connectivity index (χ1) is 14.9. The summed E-state index contributed by atoms with van der Waals surface area (Å²) in [6, 6.07) is 3.88. The van der Waals surface area contributed by atoms with E-state index < -0.39 is 5.82 Å². The van der Waals surface area contributed by atoms with Crippen LogP contribution in [0.1, 0.15) is 33.4 Å². The summed E-state index contributed by atoms with van der Waals surface area (Å²) in [6.45, 7) is 3.43. The van der Waals surface area contributed by atoms with Crippen molar-refractivity contribution in [2.75, 3.05) is 31.7 Å². The fraction of sp³-hybridized carbons (Fsp3) is 0.381. The first-order valence-corrected chi connectivity index (χ1v) is 10.1. The smallest absolute Gasteiger partial charge is 0.254 e. The number of carbonyl (C=O) groups is 1. The molecule has 10 heteroatoms. The molecule has 9 nitrogen and oxygen atoms in total. The Bertz CT molecular complexity index is 1180. The maximum absolute atomic E-state index is 14.3. The van der Waals surface area contributed by atoms with Gasteiger partial charge in [0.15, 0.2) is 11.6 Å². The third-order valence-electron chi connectivity index (χ3n) is 5.71. The minimum atomic E-state index is -0.406. The monoisotopic (exact) mass is 423 g/mol. The van der Waals surface area contributed by atoms with Crippen LogP contribution in [0.3, 0.4) is 0 Å². The van der Waals surface area contributed by atoms with Crippen LogP contribution in [-0.4, -0.2) is 62.6 Å². The van der Waals surface area contributed by atoms with Gasteiger partial charge >= 0.3 is 0 Å². The van der Waals surface area contributed by atoms with Crippen molar-refractivity contribution in [3.05, 3.63) is 52.7 Å². The third-order valence-corrected chi connectivity index (χ3v) is 5.71. The van der Waals surface area contributed by atoms with Crippen LogP contribution in [0.2, 0.25) is 0 Å². The minimum Gasteiger partial charge on any atom is -0.377 e. The first-order valence-electron chi connectivity index (χ1n) is 10.1. The molecule has 0 N–H and O–H groups in total. The first kappa shape index (κ1) is 19.6. The highest BCUT2D eigenvalue weighted by atomic mass is 19.1. The average Bonchev–Trinajstić information content (AvgIpc) is 3.13. The van der Waals surface area contributed by atoms with E-state index in [0.717, 1.165) is 5.56 Å². The van der Waals surface area contributed by atoms with Gasteiger partial charge in [0.05, 0.1) is 37.1 Å². The van der Waals surface area contributed by atoms with E-state index in [9.17, 15) is 9.18 Å². The summed E-state index contributed by atoms with van der Waals surface area (Å²) in [7, 11) is 3.51. The Morgan fingerprint density at radius 3 is 2.87 bits per heavy atom. The molecule has 160 valence electrons. The molecule has 3 aromatic rings. The molecule has 2 aliphatic heterocycles. The molecule has 1 aromatic carbocycles. The van der Waals surface area contributed by atoms with Crippen LogP contribution in [0.15, 0.2) is 24.4 Å². The summed E-state index contributed by atoms with van der Waals surface area (Å²) in [4.78, 5) is 21.8. The molecule has 0 aliphatic carbocycles. The SMILES string of the molecule is Cc1nnc2nc1N1CCOC[C@@H]1c1cc(F)ccc1C(=O)N(C)Cc1nn(C)cc1-2. The molecule has 5 rings (SSSR count). The molecule has 1 saturated heterocycles. The second-order valence-corrected chi connectivity index (χ2v) is 7.88. The van der Waals surface area contributed by atoms with Gasteiger partial charge in [-0.2, -0.15) is 5.10 Å². The fourth-order valence-electron chi connectivity index (χ4n) is 4.22. The molecular formula is C21H22FN7O2. The van der Waals surface area contributed by atoms with E-state index in [1.165, 1.54) is 18.2 Å². The molecular weight excluding hydrogens is 401 g/mol. The fourth-order valence-corrected chi connectivity index (χ4v) is 4.22. The topological polar surface area (TPSA) is 89.3 Å². The van der Waals surface area contributed by atoms with Gasteiger partial charge in [-0.1, -0.05) is 0 Å². The Morgan fingerprint density at radius 2 is 2.03 bits per heavy atom. The normalized spacial score (nSPS) is 18.6. The lowest BCUT2D eigenvalue weighted by molar-refractivity contribution is 0.0771. The number of fused-ring (bicyclic) bond motifs is 8. The summed E-state index contributed by atoms with van der Waals surface area (Å²) in [5.41, 5.74) is 3.04. The van der Waals surface area contributed by atoms with Crippen LogP contribution in [-0.2, 0) is 18.3 Å². The molecule has 0 radical (unpaired) electrons. The number of ether oxygens (including phenoxy) is 1. The largest absolute Gasteiger partial charge is 0.377 e. The number of amides is 1. The maximum Gasteiger partial charge on any atom is 0.254 e. The molecule has 31 heavy (non-hydrogen) atoms.